The summed E-state index contributed by atoms with van der Waals surface area (Å²) in [4.78, 5) is 16.2. The van der Waals surface area contributed by atoms with E-state index in [2.05, 4.69) is 15.4 Å². The molecule has 0 spiro atoms. The van der Waals surface area contributed by atoms with Crippen molar-refractivity contribution in [2.75, 3.05) is 19.0 Å². The van der Waals surface area contributed by atoms with Gasteiger partial charge < -0.3 is 15.4 Å². The number of rotatable bonds is 6. The molecule has 0 fully saturated rings. The molecule has 0 aliphatic heterocycles. The first kappa shape index (κ1) is 21.4. The summed E-state index contributed by atoms with van der Waals surface area (Å²) >= 11 is 6.02. The molecule has 0 bridgehead atoms. The third-order valence-corrected chi connectivity index (χ3v) is 4.34. The number of halogens is 4. The van der Waals surface area contributed by atoms with Crippen LogP contribution in [0.5, 0.6) is 5.75 Å². The normalized spacial score (nSPS) is 11.3. The van der Waals surface area contributed by atoms with Gasteiger partial charge in [0, 0.05) is 29.9 Å². The second-order valence-corrected chi connectivity index (χ2v) is 6.64. The largest absolute Gasteiger partial charge is 0.495 e. The maximum absolute atomic E-state index is 12.2. The number of benzene rings is 2. The van der Waals surface area contributed by atoms with Crippen LogP contribution in [0.15, 0.2) is 42.5 Å². The van der Waals surface area contributed by atoms with Crippen LogP contribution in [0.2, 0.25) is 5.02 Å². The van der Waals surface area contributed by atoms with E-state index in [-0.39, 0.29) is 5.56 Å². The van der Waals surface area contributed by atoms with Gasteiger partial charge in [-0.15, -0.1) is 5.10 Å². The minimum Gasteiger partial charge on any atom is -0.495 e. The van der Waals surface area contributed by atoms with Gasteiger partial charge in [-0.2, -0.15) is 18.2 Å². The number of nitrogens with zero attached hydrogens (tertiary/aromatic N) is 3. The Bertz CT molecular complexity index is 1050. The van der Waals surface area contributed by atoms with Crippen LogP contribution in [0.3, 0.4) is 0 Å². The van der Waals surface area contributed by atoms with Crippen LogP contribution in [0, 0.1) is 0 Å². The molecule has 0 aliphatic rings. The van der Waals surface area contributed by atoms with Crippen molar-refractivity contribution in [2.24, 2.45) is 7.05 Å². The van der Waals surface area contributed by atoms with Gasteiger partial charge in [-0.05, 0) is 24.3 Å². The Morgan fingerprint density at radius 1 is 1.20 bits per heavy atom. The number of methoxy groups -OCH3 is 1. The number of carbonyl (C=O) groups excluding carboxylic acids is 1. The molecule has 0 saturated carbocycles. The molecule has 1 aromatic heterocycles. The first-order valence-corrected chi connectivity index (χ1v) is 9.01. The number of carbonyl (C=O) groups is 1. The van der Waals surface area contributed by atoms with Crippen molar-refractivity contribution in [1.82, 2.24) is 20.1 Å². The van der Waals surface area contributed by atoms with E-state index >= 15 is 0 Å². The van der Waals surface area contributed by atoms with Crippen LogP contribution in [0.1, 0.15) is 10.4 Å². The average Bonchev–Trinajstić information content (AvgIpc) is 3.07. The lowest BCUT2D eigenvalue weighted by Crippen LogP contribution is -2.33. The van der Waals surface area contributed by atoms with Crippen LogP contribution in [0.4, 0.5) is 24.8 Å². The molecule has 7 nitrogen and oxygen atoms in total. The van der Waals surface area contributed by atoms with Gasteiger partial charge in [0.1, 0.15) is 12.3 Å². The molecule has 1 amide bonds. The highest BCUT2D eigenvalue weighted by atomic mass is 35.5. The van der Waals surface area contributed by atoms with E-state index in [1.165, 1.54) is 23.9 Å². The van der Waals surface area contributed by atoms with Gasteiger partial charge in [0.2, 0.25) is 5.95 Å². The summed E-state index contributed by atoms with van der Waals surface area (Å²) < 4.78 is 43.4. The van der Waals surface area contributed by atoms with Gasteiger partial charge >= 0.3 is 6.18 Å². The lowest BCUT2D eigenvalue weighted by atomic mass is 10.1. The van der Waals surface area contributed by atoms with Crippen LogP contribution in [0.25, 0.3) is 11.4 Å². The highest BCUT2D eigenvalue weighted by molar-refractivity contribution is 6.32. The standard InChI is InChI=1S/C19H17ClF3N5O2/c1-28-18(25-13-7-8-14(20)15(9-13)30-2)26-16(27-28)11-3-5-12(6-4-11)17(29)24-10-19(21,22)23/h3-9H,10H2,1-2H3,(H,24,29)(H,25,26,27). The second kappa shape index (κ2) is 8.62. The van der Waals surface area contributed by atoms with Crippen molar-refractivity contribution < 1.29 is 22.7 Å². The minimum absolute atomic E-state index is 0.102. The van der Waals surface area contributed by atoms with Crippen molar-refractivity contribution in [2.45, 2.75) is 6.18 Å². The minimum atomic E-state index is -4.47. The smallest absolute Gasteiger partial charge is 0.405 e. The zero-order valence-electron chi connectivity index (χ0n) is 15.9. The molecule has 2 N–H and O–H groups in total. The molecule has 0 unspecified atom stereocenters. The number of alkyl halides is 3. The van der Waals surface area contributed by atoms with Gasteiger partial charge in [-0.3, -0.25) is 4.79 Å². The molecular formula is C19H17ClF3N5O2. The molecule has 2 aromatic carbocycles. The lowest BCUT2D eigenvalue weighted by Gasteiger charge is -2.08. The monoisotopic (exact) mass is 439 g/mol. The predicted octanol–water partition coefficient (Wildman–Crippen LogP) is 4.18. The topological polar surface area (TPSA) is 81.1 Å². The van der Waals surface area contributed by atoms with Gasteiger partial charge in [0.25, 0.3) is 5.91 Å². The third kappa shape index (κ3) is 5.20. The first-order chi connectivity index (χ1) is 14.2. The van der Waals surface area contributed by atoms with E-state index in [0.29, 0.717) is 33.8 Å². The lowest BCUT2D eigenvalue weighted by molar-refractivity contribution is -0.123. The van der Waals surface area contributed by atoms with Crippen LogP contribution >= 0.6 is 11.6 Å². The van der Waals surface area contributed by atoms with Crippen molar-refractivity contribution in [1.29, 1.82) is 0 Å². The van der Waals surface area contributed by atoms with E-state index in [4.69, 9.17) is 16.3 Å². The van der Waals surface area contributed by atoms with Crippen LogP contribution in [-0.4, -0.2) is 40.5 Å². The maximum Gasteiger partial charge on any atom is 0.405 e. The van der Waals surface area contributed by atoms with Gasteiger partial charge in [0.05, 0.1) is 12.1 Å². The van der Waals surface area contributed by atoms with E-state index in [1.54, 1.807) is 37.4 Å². The number of anilines is 2. The summed E-state index contributed by atoms with van der Waals surface area (Å²) in [5, 5.41) is 9.72. The highest BCUT2D eigenvalue weighted by Crippen LogP contribution is 2.29. The summed E-state index contributed by atoms with van der Waals surface area (Å²) in [5.41, 5.74) is 1.39. The second-order valence-electron chi connectivity index (χ2n) is 6.23. The Labute approximate surface area is 174 Å². The van der Waals surface area contributed by atoms with E-state index in [1.807, 2.05) is 5.32 Å². The Morgan fingerprint density at radius 3 is 2.53 bits per heavy atom. The number of nitrogens with one attached hydrogen (secondary N) is 2. The Morgan fingerprint density at radius 2 is 1.90 bits per heavy atom. The quantitative estimate of drug-likeness (QED) is 0.602. The zero-order valence-corrected chi connectivity index (χ0v) is 16.7. The van der Waals surface area contributed by atoms with E-state index in [9.17, 15) is 18.0 Å². The molecule has 0 saturated heterocycles. The fourth-order valence-electron chi connectivity index (χ4n) is 2.54. The van der Waals surface area contributed by atoms with Crippen molar-refractivity contribution >= 4 is 29.1 Å². The molecule has 0 radical (unpaired) electrons. The van der Waals surface area contributed by atoms with Gasteiger partial charge in [-0.25, -0.2) is 4.68 Å². The van der Waals surface area contributed by atoms with E-state index < -0.39 is 18.6 Å². The molecule has 158 valence electrons. The molecule has 1 heterocycles. The van der Waals surface area contributed by atoms with Crippen molar-refractivity contribution in [3.8, 4) is 17.1 Å². The number of hydrogen-bond donors (Lipinski definition) is 2. The average molecular weight is 440 g/mol. The molecule has 11 heteroatoms. The summed E-state index contributed by atoms with van der Waals surface area (Å²) in [6.07, 6.45) is -4.47. The molecule has 3 aromatic rings. The molecule has 0 aliphatic carbocycles. The van der Waals surface area contributed by atoms with Crippen molar-refractivity contribution in [3.05, 3.63) is 53.1 Å². The van der Waals surface area contributed by atoms with Crippen LogP contribution < -0.4 is 15.4 Å². The summed E-state index contributed by atoms with van der Waals surface area (Å²) in [7, 11) is 3.21. The fourth-order valence-corrected chi connectivity index (χ4v) is 2.73. The molecule has 30 heavy (non-hydrogen) atoms. The molecule has 3 rings (SSSR count). The predicted molar refractivity (Wildman–Crippen MR) is 106 cm³/mol. The highest BCUT2D eigenvalue weighted by Gasteiger charge is 2.27. The molecule has 0 atom stereocenters. The number of ether oxygens (including phenoxy) is 1. The molecular weight excluding hydrogens is 423 g/mol. The number of amides is 1. The first-order valence-electron chi connectivity index (χ1n) is 8.63. The van der Waals surface area contributed by atoms with Gasteiger partial charge in [-0.1, -0.05) is 23.7 Å². The van der Waals surface area contributed by atoms with E-state index in [0.717, 1.165) is 0 Å². The zero-order chi connectivity index (χ0) is 21.9. The van der Waals surface area contributed by atoms with Crippen LogP contribution in [-0.2, 0) is 7.05 Å². The maximum atomic E-state index is 12.2. The Hall–Kier alpha value is -3.27. The number of aromatic nitrogens is 3. The van der Waals surface area contributed by atoms with Gasteiger partial charge in [0.15, 0.2) is 5.82 Å². The van der Waals surface area contributed by atoms with Crippen molar-refractivity contribution in [3.63, 3.8) is 0 Å². The number of aryl methyl sites for hydroxylation is 1. The Kier molecular flexibility index (Phi) is 6.16. The summed E-state index contributed by atoms with van der Waals surface area (Å²) in [6, 6.07) is 11.1. The number of hydrogen-bond acceptors (Lipinski definition) is 5. The third-order valence-electron chi connectivity index (χ3n) is 4.02. The summed E-state index contributed by atoms with van der Waals surface area (Å²) in [5.74, 6) is 0.514. The Balaban J connectivity index is 1.74. The summed E-state index contributed by atoms with van der Waals surface area (Å²) in [6.45, 7) is -1.39. The fraction of sp³-hybridized carbons (Fsp3) is 0.211. The SMILES string of the molecule is COc1cc(Nc2nc(-c3ccc(C(=O)NCC(F)(F)F)cc3)nn2C)ccc1Cl.